The Morgan fingerprint density at radius 1 is 1.33 bits per heavy atom. The van der Waals surface area contributed by atoms with Crippen molar-refractivity contribution in [2.75, 3.05) is 0 Å². The minimum absolute atomic E-state index is 0.0591. The fraction of sp³-hybridized carbons (Fsp3) is 0.267. The molecule has 24 heavy (non-hydrogen) atoms. The molecule has 9 heteroatoms. The van der Waals surface area contributed by atoms with Crippen molar-refractivity contribution in [1.82, 2.24) is 14.8 Å². The van der Waals surface area contributed by atoms with Crippen molar-refractivity contribution in [2.24, 2.45) is 5.73 Å². The highest BCUT2D eigenvalue weighted by molar-refractivity contribution is 5.88. The summed E-state index contributed by atoms with van der Waals surface area (Å²) in [5.74, 6) is -0.554. The monoisotopic (exact) mass is 340 g/mol. The Morgan fingerprint density at radius 3 is 2.62 bits per heavy atom. The first kappa shape index (κ1) is 17.5. The van der Waals surface area contributed by atoms with Gasteiger partial charge in [0.25, 0.3) is 0 Å². The lowest BCUT2D eigenvalue weighted by atomic mass is 10.1. The first-order chi connectivity index (χ1) is 11.1. The normalized spacial score (nSPS) is 12.1. The summed E-state index contributed by atoms with van der Waals surface area (Å²) < 4.78 is 45.7. The van der Waals surface area contributed by atoms with E-state index in [0.717, 1.165) is 18.2 Å². The maximum absolute atomic E-state index is 13.1. The van der Waals surface area contributed by atoms with E-state index < -0.39 is 17.6 Å². The summed E-state index contributed by atoms with van der Waals surface area (Å²) in [7, 11) is 0. The van der Waals surface area contributed by atoms with E-state index in [1.807, 2.05) is 0 Å². The van der Waals surface area contributed by atoms with E-state index in [2.05, 4.69) is 10.1 Å². The second-order valence-electron chi connectivity index (χ2n) is 5.18. The van der Waals surface area contributed by atoms with Crippen LogP contribution in [0.5, 0.6) is 5.75 Å². The number of benzene rings is 1. The molecular formula is C15H15F3N4O2. The largest absolute Gasteiger partial charge is 0.491 e. The minimum atomic E-state index is -4.53. The molecule has 128 valence electrons. The van der Waals surface area contributed by atoms with Gasteiger partial charge in [0.15, 0.2) is 5.82 Å². The molecule has 0 aliphatic rings. The Balaban J connectivity index is 2.43. The Hall–Kier alpha value is -2.84. The number of rotatable bonds is 5. The molecule has 2 rings (SSSR count). The molecule has 0 radical (unpaired) electrons. The predicted octanol–water partition coefficient (Wildman–Crippen LogP) is 2.71. The van der Waals surface area contributed by atoms with Crippen LogP contribution in [0.4, 0.5) is 13.2 Å². The molecule has 0 aliphatic carbocycles. The lowest BCUT2D eigenvalue weighted by molar-refractivity contribution is -0.137. The number of ether oxygens (including phenoxy) is 1. The van der Waals surface area contributed by atoms with Crippen molar-refractivity contribution < 1.29 is 22.7 Å². The molecule has 2 N–H and O–H groups in total. The van der Waals surface area contributed by atoms with Gasteiger partial charge in [-0.05, 0) is 32.0 Å². The Labute approximate surface area is 135 Å². The average Bonchev–Trinajstić information content (AvgIpc) is 2.92. The number of nitrogens with two attached hydrogens (primary N) is 1. The summed E-state index contributed by atoms with van der Waals surface area (Å²) >= 11 is 0. The van der Waals surface area contributed by atoms with Gasteiger partial charge in [0.1, 0.15) is 12.1 Å². The van der Waals surface area contributed by atoms with Crippen molar-refractivity contribution in [1.29, 1.82) is 0 Å². The molecule has 1 heterocycles. The van der Waals surface area contributed by atoms with Crippen LogP contribution >= 0.6 is 0 Å². The Kier molecular flexibility index (Phi) is 4.91. The number of hydrogen-bond donors (Lipinski definition) is 1. The molecule has 0 unspecified atom stereocenters. The predicted molar refractivity (Wildman–Crippen MR) is 80.7 cm³/mol. The van der Waals surface area contributed by atoms with E-state index in [-0.39, 0.29) is 23.2 Å². The standard InChI is InChI=1S/C15H15F3N4O2/c1-9(2)24-12-6-10(5-11(7-12)15(16,17)18)14-20-8-22(21-14)4-3-13(19)23/h3-9H,1-2H3,(H2,19,23)/b4-3-. The van der Waals surface area contributed by atoms with Gasteiger partial charge in [-0.15, -0.1) is 5.10 Å². The third-order valence-electron chi connectivity index (χ3n) is 2.76. The number of alkyl halides is 3. The smallest absolute Gasteiger partial charge is 0.416 e. The molecule has 0 fully saturated rings. The highest BCUT2D eigenvalue weighted by atomic mass is 19.4. The average molecular weight is 340 g/mol. The fourth-order valence-corrected chi connectivity index (χ4v) is 1.86. The first-order valence-corrected chi connectivity index (χ1v) is 6.93. The second-order valence-corrected chi connectivity index (χ2v) is 5.18. The molecule has 0 bridgehead atoms. The maximum atomic E-state index is 13.1. The lowest BCUT2D eigenvalue weighted by Crippen LogP contribution is -2.09. The van der Waals surface area contributed by atoms with Crippen LogP contribution in [0.1, 0.15) is 19.4 Å². The van der Waals surface area contributed by atoms with Crippen LogP contribution < -0.4 is 10.5 Å². The number of carbonyl (C=O) groups excluding carboxylic acids is 1. The molecule has 1 aromatic heterocycles. The van der Waals surface area contributed by atoms with E-state index in [9.17, 15) is 18.0 Å². The number of nitrogens with zero attached hydrogens (tertiary/aromatic N) is 3. The summed E-state index contributed by atoms with van der Waals surface area (Å²) in [6.45, 7) is 3.42. The summed E-state index contributed by atoms with van der Waals surface area (Å²) in [5, 5.41) is 3.98. The van der Waals surface area contributed by atoms with E-state index in [1.165, 1.54) is 23.3 Å². The van der Waals surface area contributed by atoms with Crippen molar-refractivity contribution in [2.45, 2.75) is 26.1 Å². The lowest BCUT2D eigenvalue weighted by Gasteiger charge is -2.14. The fourth-order valence-electron chi connectivity index (χ4n) is 1.86. The van der Waals surface area contributed by atoms with Gasteiger partial charge in [-0.3, -0.25) is 4.79 Å². The van der Waals surface area contributed by atoms with E-state index in [4.69, 9.17) is 10.5 Å². The summed E-state index contributed by atoms with van der Waals surface area (Å²) in [5.41, 5.74) is 4.25. The summed E-state index contributed by atoms with van der Waals surface area (Å²) in [4.78, 5) is 14.6. The molecule has 0 atom stereocenters. The molecule has 0 spiro atoms. The molecule has 0 saturated heterocycles. The number of primary amides is 1. The summed E-state index contributed by atoms with van der Waals surface area (Å²) in [6, 6.07) is 3.28. The van der Waals surface area contributed by atoms with E-state index in [0.29, 0.717) is 0 Å². The van der Waals surface area contributed by atoms with Crippen molar-refractivity contribution >= 4 is 12.1 Å². The van der Waals surface area contributed by atoms with Crippen molar-refractivity contribution in [3.8, 4) is 17.1 Å². The number of carbonyl (C=O) groups is 1. The SMILES string of the molecule is CC(C)Oc1cc(-c2ncn(/C=C\C(N)=O)n2)cc(C(F)(F)F)c1. The van der Waals surface area contributed by atoms with Gasteiger partial charge in [0.05, 0.1) is 11.7 Å². The quantitative estimate of drug-likeness (QED) is 0.848. The molecule has 2 aromatic rings. The van der Waals surface area contributed by atoms with Gasteiger partial charge in [-0.25, -0.2) is 9.67 Å². The number of hydrogen-bond acceptors (Lipinski definition) is 4. The van der Waals surface area contributed by atoms with E-state index >= 15 is 0 Å². The molecule has 6 nitrogen and oxygen atoms in total. The molecule has 1 aromatic carbocycles. The van der Waals surface area contributed by atoms with Gasteiger partial charge in [0.2, 0.25) is 5.91 Å². The minimum Gasteiger partial charge on any atom is -0.491 e. The van der Waals surface area contributed by atoms with Crippen molar-refractivity contribution in [3.63, 3.8) is 0 Å². The van der Waals surface area contributed by atoms with Gasteiger partial charge in [0, 0.05) is 17.8 Å². The van der Waals surface area contributed by atoms with Gasteiger partial charge in [-0.1, -0.05) is 0 Å². The third-order valence-corrected chi connectivity index (χ3v) is 2.76. The first-order valence-electron chi connectivity index (χ1n) is 6.93. The van der Waals surface area contributed by atoms with Crippen LogP contribution in [0.2, 0.25) is 0 Å². The molecule has 1 amide bonds. The second kappa shape index (κ2) is 6.73. The number of halogens is 3. The third kappa shape index (κ3) is 4.58. The highest BCUT2D eigenvalue weighted by Gasteiger charge is 2.32. The maximum Gasteiger partial charge on any atom is 0.416 e. The van der Waals surface area contributed by atoms with Crippen LogP contribution in [-0.4, -0.2) is 26.8 Å². The zero-order chi connectivity index (χ0) is 17.9. The van der Waals surface area contributed by atoms with E-state index in [1.54, 1.807) is 13.8 Å². The summed E-state index contributed by atoms with van der Waals surface area (Å²) in [6.07, 6.45) is -1.27. The van der Waals surface area contributed by atoms with Gasteiger partial charge >= 0.3 is 6.18 Å². The van der Waals surface area contributed by atoms with Gasteiger partial charge < -0.3 is 10.5 Å². The molecular weight excluding hydrogens is 325 g/mol. The van der Waals surface area contributed by atoms with Crippen molar-refractivity contribution in [3.05, 3.63) is 36.2 Å². The zero-order valence-electron chi connectivity index (χ0n) is 12.9. The van der Waals surface area contributed by atoms with Crippen LogP contribution in [0, 0.1) is 0 Å². The Morgan fingerprint density at radius 2 is 2.04 bits per heavy atom. The van der Waals surface area contributed by atoms with Crippen LogP contribution in [0.25, 0.3) is 17.6 Å². The topological polar surface area (TPSA) is 83.0 Å². The number of aromatic nitrogens is 3. The highest BCUT2D eigenvalue weighted by Crippen LogP contribution is 2.35. The van der Waals surface area contributed by atoms with Gasteiger partial charge in [-0.2, -0.15) is 13.2 Å². The number of amides is 1. The van der Waals surface area contributed by atoms with Crippen LogP contribution in [0.15, 0.2) is 30.6 Å². The zero-order valence-corrected chi connectivity index (χ0v) is 12.9. The molecule has 0 aliphatic heterocycles. The Bertz CT molecular complexity index is 766. The van der Waals surface area contributed by atoms with Crippen LogP contribution in [0.3, 0.4) is 0 Å². The van der Waals surface area contributed by atoms with Crippen LogP contribution in [-0.2, 0) is 11.0 Å². The molecule has 0 saturated carbocycles.